The van der Waals surface area contributed by atoms with Crippen LogP contribution in [0, 0.1) is 6.92 Å². The van der Waals surface area contributed by atoms with E-state index in [9.17, 15) is 5.11 Å². The summed E-state index contributed by atoms with van der Waals surface area (Å²) in [5.41, 5.74) is 3.27. The summed E-state index contributed by atoms with van der Waals surface area (Å²) in [6.07, 6.45) is -0.317. The number of H-pyrrole nitrogens is 1. The predicted octanol–water partition coefficient (Wildman–Crippen LogP) is 1.23. The molecule has 0 spiro atoms. The van der Waals surface area contributed by atoms with E-state index in [2.05, 4.69) is 39.2 Å². The number of aliphatic hydroxyl groups excluding tert-OH is 1. The van der Waals surface area contributed by atoms with Gasteiger partial charge in [-0.3, -0.25) is 4.90 Å². The number of fused-ring (bicyclic) bond motifs is 1. The van der Waals surface area contributed by atoms with Gasteiger partial charge in [0.15, 0.2) is 5.16 Å². The number of β-amino-alcohol motifs (C(OH)–C–C–N with tert-alkyl or cyclic N) is 1. The molecule has 6 heteroatoms. The summed E-state index contributed by atoms with van der Waals surface area (Å²) < 4.78 is 0. The molecule has 3 N–H and O–H groups in total. The van der Waals surface area contributed by atoms with Gasteiger partial charge in [-0.2, -0.15) is 0 Å². The zero-order chi connectivity index (χ0) is 14.7. The summed E-state index contributed by atoms with van der Waals surface area (Å²) >= 11 is 1.59. The minimum Gasteiger partial charge on any atom is -0.391 e. The summed E-state index contributed by atoms with van der Waals surface area (Å²) in [5.74, 6) is 0.669. The van der Waals surface area contributed by atoms with Crippen molar-refractivity contribution in [2.45, 2.75) is 18.2 Å². The van der Waals surface area contributed by atoms with Crippen LogP contribution in [0.15, 0.2) is 23.4 Å². The fraction of sp³-hybridized carbons (Fsp3) is 0.533. The van der Waals surface area contributed by atoms with Gasteiger partial charge in [-0.1, -0.05) is 17.8 Å². The molecule has 1 atom stereocenters. The first-order chi connectivity index (χ1) is 10.2. The number of hydrogen-bond acceptors (Lipinski definition) is 5. The normalized spacial score (nSPS) is 18.2. The zero-order valence-corrected chi connectivity index (χ0v) is 13.1. The summed E-state index contributed by atoms with van der Waals surface area (Å²) in [4.78, 5) is 10.2. The van der Waals surface area contributed by atoms with Crippen molar-refractivity contribution >= 4 is 22.8 Å². The van der Waals surface area contributed by atoms with Crippen LogP contribution in [-0.2, 0) is 0 Å². The minimum absolute atomic E-state index is 0.317. The van der Waals surface area contributed by atoms with E-state index in [0.29, 0.717) is 5.75 Å². The zero-order valence-electron chi connectivity index (χ0n) is 12.3. The second-order valence-electron chi connectivity index (χ2n) is 5.58. The maximum Gasteiger partial charge on any atom is 0.166 e. The third-order valence-electron chi connectivity index (χ3n) is 3.71. The molecule has 0 bridgehead atoms. The van der Waals surface area contributed by atoms with Crippen LogP contribution in [0.25, 0.3) is 11.0 Å². The number of rotatable bonds is 5. The molecular formula is C15H22N4OS. The van der Waals surface area contributed by atoms with E-state index in [1.165, 1.54) is 5.56 Å². The molecule has 1 unspecified atom stereocenters. The first-order valence-corrected chi connectivity index (χ1v) is 8.39. The van der Waals surface area contributed by atoms with Crippen LogP contribution in [0.2, 0.25) is 0 Å². The highest BCUT2D eigenvalue weighted by Gasteiger charge is 2.15. The minimum atomic E-state index is -0.317. The SMILES string of the molecule is Cc1ccc2nc(SCC(O)CN3CCNCC3)[nH]c2c1. The average Bonchev–Trinajstić information content (AvgIpc) is 2.88. The highest BCUT2D eigenvalue weighted by atomic mass is 32.2. The molecule has 5 nitrogen and oxygen atoms in total. The van der Waals surface area contributed by atoms with Gasteiger partial charge in [-0.25, -0.2) is 4.98 Å². The van der Waals surface area contributed by atoms with E-state index >= 15 is 0 Å². The predicted molar refractivity (Wildman–Crippen MR) is 86.9 cm³/mol. The second-order valence-corrected chi connectivity index (χ2v) is 6.59. The second kappa shape index (κ2) is 6.79. The van der Waals surface area contributed by atoms with Crippen molar-refractivity contribution in [3.63, 3.8) is 0 Å². The van der Waals surface area contributed by atoms with Gasteiger partial charge in [-0.15, -0.1) is 0 Å². The lowest BCUT2D eigenvalue weighted by molar-refractivity contribution is 0.121. The first kappa shape index (κ1) is 14.8. The third kappa shape index (κ3) is 3.97. The Morgan fingerprint density at radius 3 is 3.00 bits per heavy atom. The Morgan fingerprint density at radius 2 is 2.19 bits per heavy atom. The number of nitrogens with zero attached hydrogens (tertiary/aromatic N) is 2. The summed E-state index contributed by atoms with van der Waals surface area (Å²) in [6, 6.07) is 6.20. The molecule has 0 saturated carbocycles. The van der Waals surface area contributed by atoms with Crippen molar-refractivity contribution < 1.29 is 5.11 Å². The van der Waals surface area contributed by atoms with Gasteiger partial charge in [-0.05, 0) is 24.6 Å². The Kier molecular flexibility index (Phi) is 4.80. The standard InChI is InChI=1S/C15H22N4OS/c1-11-2-3-13-14(8-11)18-15(17-13)21-10-12(20)9-19-6-4-16-5-7-19/h2-3,8,12,16,20H,4-7,9-10H2,1H3,(H,17,18). The maximum absolute atomic E-state index is 10.2. The maximum atomic E-state index is 10.2. The molecule has 0 amide bonds. The Balaban J connectivity index is 1.53. The van der Waals surface area contributed by atoms with E-state index < -0.39 is 0 Å². The number of piperazine rings is 1. The van der Waals surface area contributed by atoms with Crippen molar-refractivity contribution in [3.05, 3.63) is 23.8 Å². The van der Waals surface area contributed by atoms with Crippen LogP contribution in [0.1, 0.15) is 5.56 Å². The molecule has 3 rings (SSSR count). The summed E-state index contributed by atoms with van der Waals surface area (Å²) in [7, 11) is 0. The quantitative estimate of drug-likeness (QED) is 0.725. The largest absolute Gasteiger partial charge is 0.391 e. The number of nitrogens with one attached hydrogen (secondary N) is 2. The number of aromatic nitrogens is 2. The number of imidazole rings is 1. The summed E-state index contributed by atoms with van der Waals surface area (Å²) in [5, 5.41) is 14.4. The van der Waals surface area contributed by atoms with Crippen molar-refractivity contribution in [2.24, 2.45) is 0 Å². The molecule has 114 valence electrons. The first-order valence-electron chi connectivity index (χ1n) is 7.41. The molecule has 1 fully saturated rings. The van der Waals surface area contributed by atoms with E-state index in [1.54, 1.807) is 11.8 Å². The lowest BCUT2D eigenvalue weighted by Gasteiger charge is -2.28. The number of benzene rings is 1. The van der Waals surface area contributed by atoms with Crippen LogP contribution in [0.5, 0.6) is 0 Å². The molecule has 1 aromatic carbocycles. The van der Waals surface area contributed by atoms with Gasteiger partial charge >= 0.3 is 0 Å². The molecule has 2 aromatic rings. The molecule has 1 saturated heterocycles. The van der Waals surface area contributed by atoms with Gasteiger partial charge in [0, 0.05) is 38.5 Å². The van der Waals surface area contributed by atoms with Gasteiger partial charge in [0.2, 0.25) is 0 Å². The fourth-order valence-electron chi connectivity index (χ4n) is 2.59. The number of aromatic amines is 1. The number of aryl methyl sites for hydroxylation is 1. The van der Waals surface area contributed by atoms with Gasteiger partial charge < -0.3 is 15.4 Å². The van der Waals surface area contributed by atoms with Crippen molar-refractivity contribution in [1.29, 1.82) is 0 Å². The number of aliphatic hydroxyl groups is 1. The Morgan fingerprint density at radius 1 is 1.38 bits per heavy atom. The molecule has 21 heavy (non-hydrogen) atoms. The Hall–Kier alpha value is -1.08. The van der Waals surface area contributed by atoms with Gasteiger partial charge in [0.1, 0.15) is 0 Å². The monoisotopic (exact) mass is 306 g/mol. The van der Waals surface area contributed by atoms with Crippen LogP contribution >= 0.6 is 11.8 Å². The van der Waals surface area contributed by atoms with Crippen LogP contribution in [-0.4, -0.2) is 64.6 Å². The number of thioether (sulfide) groups is 1. The molecule has 0 aliphatic carbocycles. The molecule has 1 aliphatic heterocycles. The van der Waals surface area contributed by atoms with Crippen LogP contribution < -0.4 is 5.32 Å². The molecule has 1 aliphatic rings. The molecule has 2 heterocycles. The van der Waals surface area contributed by atoms with E-state index in [4.69, 9.17) is 0 Å². The van der Waals surface area contributed by atoms with Crippen molar-refractivity contribution in [1.82, 2.24) is 20.2 Å². The van der Waals surface area contributed by atoms with E-state index in [-0.39, 0.29) is 6.10 Å². The highest BCUT2D eigenvalue weighted by molar-refractivity contribution is 7.99. The van der Waals surface area contributed by atoms with Crippen molar-refractivity contribution in [2.75, 3.05) is 38.5 Å². The smallest absolute Gasteiger partial charge is 0.166 e. The highest BCUT2D eigenvalue weighted by Crippen LogP contribution is 2.21. The lowest BCUT2D eigenvalue weighted by atomic mass is 10.2. The van der Waals surface area contributed by atoms with Crippen LogP contribution in [0.4, 0.5) is 0 Å². The van der Waals surface area contributed by atoms with Crippen molar-refractivity contribution in [3.8, 4) is 0 Å². The molecule has 0 radical (unpaired) electrons. The Bertz CT molecular complexity index is 594. The van der Waals surface area contributed by atoms with E-state index in [0.717, 1.165) is 48.9 Å². The third-order valence-corrected chi connectivity index (χ3v) is 4.72. The summed E-state index contributed by atoms with van der Waals surface area (Å²) in [6.45, 7) is 6.89. The fourth-order valence-corrected chi connectivity index (χ4v) is 3.39. The number of hydrogen-bond donors (Lipinski definition) is 3. The van der Waals surface area contributed by atoms with E-state index in [1.807, 2.05) is 6.07 Å². The Labute approximate surface area is 129 Å². The molecule has 1 aromatic heterocycles. The van der Waals surface area contributed by atoms with Crippen LogP contribution in [0.3, 0.4) is 0 Å². The van der Waals surface area contributed by atoms with Gasteiger partial charge in [0.05, 0.1) is 17.1 Å². The average molecular weight is 306 g/mol. The lowest BCUT2D eigenvalue weighted by Crippen LogP contribution is -2.46. The molecular weight excluding hydrogens is 284 g/mol. The van der Waals surface area contributed by atoms with Gasteiger partial charge in [0.25, 0.3) is 0 Å². The topological polar surface area (TPSA) is 64.2 Å².